The fraction of sp³-hybridized carbons (Fsp3) is 0.474. The summed E-state index contributed by atoms with van der Waals surface area (Å²) in [7, 11) is 3.74. The van der Waals surface area contributed by atoms with Gasteiger partial charge in [-0.1, -0.05) is 12.1 Å². The summed E-state index contributed by atoms with van der Waals surface area (Å²) in [5.41, 5.74) is 2.22. The first kappa shape index (κ1) is 17.1. The van der Waals surface area contributed by atoms with Gasteiger partial charge in [0.1, 0.15) is 5.75 Å². The Hall–Kier alpha value is -2.38. The molecular weight excluding hydrogens is 332 g/mol. The van der Waals surface area contributed by atoms with Crippen LogP contribution in [0.5, 0.6) is 5.75 Å². The fourth-order valence-electron chi connectivity index (χ4n) is 3.83. The van der Waals surface area contributed by atoms with Crippen LogP contribution in [0, 0.1) is 5.92 Å². The maximum atomic E-state index is 13.3. The summed E-state index contributed by atoms with van der Waals surface area (Å²) >= 11 is 0. The number of aromatic amines is 1. The number of nitrogens with zero attached hydrogens (tertiary/aromatic N) is 3. The highest BCUT2D eigenvalue weighted by Crippen LogP contribution is 2.27. The van der Waals surface area contributed by atoms with Crippen molar-refractivity contribution >= 4 is 5.91 Å². The summed E-state index contributed by atoms with van der Waals surface area (Å²) in [6.45, 7) is 3.73. The molecule has 2 saturated heterocycles. The Labute approximate surface area is 152 Å². The van der Waals surface area contributed by atoms with E-state index in [0.717, 1.165) is 23.6 Å². The molecule has 1 N–H and O–H groups in total. The van der Waals surface area contributed by atoms with E-state index in [1.807, 2.05) is 29.2 Å². The first-order valence-corrected chi connectivity index (χ1v) is 8.90. The summed E-state index contributed by atoms with van der Waals surface area (Å²) in [6.07, 6.45) is 1.62. The second-order valence-electron chi connectivity index (χ2n) is 7.10. The third-order valence-electron chi connectivity index (χ3n) is 5.26. The molecule has 7 heteroatoms. The monoisotopic (exact) mass is 356 g/mol. The molecule has 2 aromatic rings. The summed E-state index contributed by atoms with van der Waals surface area (Å²) in [5, 5.41) is 7.11. The van der Waals surface area contributed by atoms with E-state index in [1.165, 1.54) is 0 Å². The number of rotatable bonds is 3. The van der Waals surface area contributed by atoms with Crippen molar-refractivity contribution in [3.63, 3.8) is 0 Å². The lowest BCUT2D eigenvalue weighted by atomic mass is 10.1. The molecule has 3 heterocycles. The second-order valence-corrected chi connectivity index (χ2v) is 7.10. The van der Waals surface area contributed by atoms with Crippen LogP contribution in [0.1, 0.15) is 10.4 Å². The molecule has 0 saturated carbocycles. The molecule has 2 fully saturated rings. The largest absolute Gasteiger partial charge is 0.497 e. The fourth-order valence-corrected chi connectivity index (χ4v) is 3.83. The first-order valence-electron chi connectivity index (χ1n) is 8.90. The number of likely N-dealkylation sites (N-methyl/N-ethyl adjacent to an activating group) is 1. The lowest BCUT2D eigenvalue weighted by Gasteiger charge is -2.29. The number of H-pyrrole nitrogens is 1. The molecule has 2 atom stereocenters. The average Bonchev–Trinajstić information content (AvgIpc) is 2.99. The molecule has 0 radical (unpaired) electrons. The molecule has 2 bridgehead atoms. The van der Waals surface area contributed by atoms with E-state index >= 15 is 0 Å². The number of carbonyl (C=O) groups excluding carboxylic acids is 1. The smallest absolute Gasteiger partial charge is 0.257 e. The normalized spacial score (nSPS) is 23.5. The van der Waals surface area contributed by atoms with E-state index in [2.05, 4.69) is 22.1 Å². The van der Waals surface area contributed by atoms with Crippen LogP contribution in [-0.4, -0.2) is 79.0 Å². The maximum absolute atomic E-state index is 13.3. The van der Waals surface area contributed by atoms with Gasteiger partial charge in [-0.2, -0.15) is 5.10 Å². The van der Waals surface area contributed by atoms with Crippen LogP contribution in [0.2, 0.25) is 0 Å². The lowest BCUT2D eigenvalue weighted by molar-refractivity contribution is 0.0434. The van der Waals surface area contributed by atoms with Crippen molar-refractivity contribution in [2.45, 2.75) is 6.04 Å². The van der Waals surface area contributed by atoms with Crippen molar-refractivity contribution in [1.29, 1.82) is 0 Å². The van der Waals surface area contributed by atoms with Crippen molar-refractivity contribution in [1.82, 2.24) is 20.0 Å². The SMILES string of the molecule is COc1cccc(-c2[nH]ncc2C(=O)N2C[C@@H]3COC[C@H](C2)N(C)C3)c1. The molecule has 138 valence electrons. The number of fused-ring (bicyclic) bond motifs is 3. The highest BCUT2D eigenvalue weighted by molar-refractivity contribution is 5.99. The molecule has 2 aliphatic rings. The van der Waals surface area contributed by atoms with Crippen molar-refractivity contribution in [2.24, 2.45) is 5.92 Å². The van der Waals surface area contributed by atoms with E-state index in [4.69, 9.17) is 9.47 Å². The van der Waals surface area contributed by atoms with Crippen LogP contribution in [-0.2, 0) is 4.74 Å². The van der Waals surface area contributed by atoms with E-state index in [1.54, 1.807) is 13.3 Å². The number of ether oxygens (including phenoxy) is 2. The van der Waals surface area contributed by atoms with E-state index < -0.39 is 0 Å². The van der Waals surface area contributed by atoms with Crippen LogP contribution < -0.4 is 4.74 Å². The van der Waals surface area contributed by atoms with E-state index in [9.17, 15) is 4.79 Å². The predicted octanol–water partition coefficient (Wildman–Crippen LogP) is 1.49. The Morgan fingerprint density at radius 2 is 2.19 bits per heavy atom. The number of amides is 1. The zero-order valence-electron chi connectivity index (χ0n) is 15.1. The Bertz CT molecular complexity index is 791. The number of nitrogens with one attached hydrogen (secondary N) is 1. The molecule has 1 aromatic carbocycles. The number of carbonyl (C=O) groups is 1. The molecular formula is C19H24N4O3. The molecule has 7 nitrogen and oxygen atoms in total. The Kier molecular flexibility index (Phi) is 4.65. The quantitative estimate of drug-likeness (QED) is 0.902. The highest BCUT2D eigenvalue weighted by atomic mass is 16.5. The van der Waals surface area contributed by atoms with Gasteiger partial charge in [0.05, 0.1) is 43.8 Å². The van der Waals surface area contributed by atoms with Gasteiger partial charge in [0.15, 0.2) is 0 Å². The minimum Gasteiger partial charge on any atom is -0.497 e. The van der Waals surface area contributed by atoms with Gasteiger partial charge in [-0.3, -0.25) is 14.8 Å². The van der Waals surface area contributed by atoms with Crippen LogP contribution in [0.3, 0.4) is 0 Å². The first-order chi connectivity index (χ1) is 12.7. The summed E-state index contributed by atoms with van der Waals surface area (Å²) in [5.74, 6) is 1.10. The molecule has 1 aromatic heterocycles. The average molecular weight is 356 g/mol. The molecule has 26 heavy (non-hydrogen) atoms. The van der Waals surface area contributed by atoms with Crippen molar-refractivity contribution in [3.8, 4) is 17.0 Å². The van der Waals surface area contributed by atoms with Gasteiger partial charge in [0.25, 0.3) is 5.91 Å². The highest BCUT2D eigenvalue weighted by Gasteiger charge is 2.34. The Morgan fingerprint density at radius 1 is 1.31 bits per heavy atom. The van der Waals surface area contributed by atoms with Crippen LogP contribution in [0.4, 0.5) is 0 Å². The minimum absolute atomic E-state index is 0.0174. The number of aromatic nitrogens is 2. The molecule has 4 rings (SSSR count). The van der Waals surface area contributed by atoms with Gasteiger partial charge >= 0.3 is 0 Å². The zero-order valence-corrected chi connectivity index (χ0v) is 15.1. The van der Waals surface area contributed by atoms with Gasteiger partial charge in [-0.15, -0.1) is 0 Å². The summed E-state index contributed by atoms with van der Waals surface area (Å²) < 4.78 is 11.1. The number of hydrogen-bond acceptors (Lipinski definition) is 5. The molecule has 0 aliphatic carbocycles. The summed E-state index contributed by atoms with van der Waals surface area (Å²) in [4.78, 5) is 17.5. The second kappa shape index (κ2) is 7.09. The van der Waals surface area contributed by atoms with Gasteiger partial charge < -0.3 is 14.4 Å². The number of benzene rings is 1. The lowest BCUT2D eigenvalue weighted by Crippen LogP contribution is -2.44. The topological polar surface area (TPSA) is 70.7 Å². The van der Waals surface area contributed by atoms with Crippen molar-refractivity contribution < 1.29 is 14.3 Å². The van der Waals surface area contributed by atoms with Gasteiger partial charge in [-0.05, 0) is 19.2 Å². The Balaban J connectivity index is 1.62. The number of hydrogen-bond donors (Lipinski definition) is 1. The van der Waals surface area contributed by atoms with Crippen molar-refractivity contribution in [2.75, 3.05) is 47.0 Å². The van der Waals surface area contributed by atoms with E-state index in [-0.39, 0.29) is 11.9 Å². The zero-order chi connectivity index (χ0) is 18.1. The predicted molar refractivity (Wildman–Crippen MR) is 97.2 cm³/mol. The summed E-state index contributed by atoms with van der Waals surface area (Å²) in [6, 6.07) is 7.88. The van der Waals surface area contributed by atoms with Crippen molar-refractivity contribution in [3.05, 3.63) is 36.0 Å². The van der Waals surface area contributed by atoms with Crippen LogP contribution in [0.15, 0.2) is 30.5 Å². The Morgan fingerprint density at radius 3 is 3.04 bits per heavy atom. The molecule has 2 aliphatic heterocycles. The van der Waals surface area contributed by atoms with Crippen LogP contribution in [0.25, 0.3) is 11.3 Å². The van der Waals surface area contributed by atoms with Gasteiger partial charge in [0, 0.05) is 31.1 Å². The van der Waals surface area contributed by atoms with E-state index in [0.29, 0.717) is 37.8 Å². The van der Waals surface area contributed by atoms with Gasteiger partial charge in [-0.25, -0.2) is 0 Å². The third-order valence-corrected chi connectivity index (χ3v) is 5.26. The molecule has 1 amide bonds. The molecule has 0 unspecified atom stereocenters. The number of methoxy groups -OCH3 is 1. The standard InChI is InChI=1S/C19H24N4O3/c1-22-8-13-9-23(10-15(22)12-26-11-13)19(24)17-7-20-21-18(17)14-4-3-5-16(6-14)25-2/h3-7,13,15H,8-12H2,1-2H3,(H,20,21)/t13-,15+/m1/s1. The minimum atomic E-state index is 0.0174. The van der Waals surface area contributed by atoms with Crippen LogP contribution >= 0.6 is 0 Å². The maximum Gasteiger partial charge on any atom is 0.257 e. The van der Waals surface area contributed by atoms with Gasteiger partial charge in [0.2, 0.25) is 0 Å². The third kappa shape index (κ3) is 3.20. The molecule has 0 spiro atoms.